The number of halogens is 3. The van der Waals surface area contributed by atoms with Crippen molar-refractivity contribution in [3.05, 3.63) is 54.2 Å². The van der Waals surface area contributed by atoms with Crippen LogP contribution in [0.4, 0.5) is 13.2 Å². The molecule has 0 fully saturated rings. The summed E-state index contributed by atoms with van der Waals surface area (Å²) in [5.41, 5.74) is 1.02. The third-order valence-electron chi connectivity index (χ3n) is 2.56. The predicted molar refractivity (Wildman–Crippen MR) is 58.1 cm³/mol. The van der Waals surface area contributed by atoms with Crippen molar-refractivity contribution in [3.63, 3.8) is 0 Å². The highest BCUT2D eigenvalue weighted by Gasteiger charge is 2.30. The van der Waals surface area contributed by atoms with E-state index in [2.05, 4.69) is 0 Å². The second kappa shape index (κ2) is 4.20. The largest absolute Gasteiger partial charge is 0.416 e. The van der Waals surface area contributed by atoms with Gasteiger partial charge in [0.25, 0.3) is 0 Å². The first-order valence-electron chi connectivity index (χ1n) is 5.11. The quantitative estimate of drug-likeness (QED) is 0.672. The van der Waals surface area contributed by atoms with Crippen LogP contribution in [-0.2, 0) is 13.2 Å². The first-order chi connectivity index (χ1) is 7.98. The number of rotatable bonds is 1. The topological polar surface area (TPSA) is 3.88 Å². The van der Waals surface area contributed by atoms with Gasteiger partial charge in [0.05, 0.1) is 5.56 Å². The van der Waals surface area contributed by atoms with Crippen LogP contribution >= 0.6 is 0 Å². The van der Waals surface area contributed by atoms with Crippen LogP contribution in [0.15, 0.2) is 48.7 Å². The van der Waals surface area contributed by atoms with E-state index in [0.29, 0.717) is 0 Å². The van der Waals surface area contributed by atoms with Gasteiger partial charge in [0.1, 0.15) is 7.05 Å². The van der Waals surface area contributed by atoms with Crippen LogP contribution in [0, 0.1) is 0 Å². The Hall–Kier alpha value is -1.84. The van der Waals surface area contributed by atoms with E-state index in [4.69, 9.17) is 0 Å². The highest BCUT2D eigenvalue weighted by molar-refractivity contribution is 5.56. The summed E-state index contributed by atoms with van der Waals surface area (Å²) in [4.78, 5) is 0. The molecule has 1 aromatic heterocycles. The fourth-order valence-electron chi connectivity index (χ4n) is 1.65. The van der Waals surface area contributed by atoms with E-state index < -0.39 is 11.7 Å². The van der Waals surface area contributed by atoms with Crippen molar-refractivity contribution >= 4 is 0 Å². The number of pyridine rings is 1. The molecule has 4 heteroatoms. The summed E-state index contributed by atoms with van der Waals surface area (Å²) in [6.45, 7) is 0. The Balaban J connectivity index is 2.40. The van der Waals surface area contributed by atoms with Gasteiger partial charge in [-0.1, -0.05) is 0 Å². The number of alkyl halides is 3. The minimum Gasteiger partial charge on any atom is -0.201 e. The summed E-state index contributed by atoms with van der Waals surface area (Å²) in [5.74, 6) is 0. The third-order valence-corrected chi connectivity index (χ3v) is 2.56. The monoisotopic (exact) mass is 238 g/mol. The van der Waals surface area contributed by atoms with E-state index in [-0.39, 0.29) is 0 Å². The Bertz CT molecular complexity index is 515. The SMILES string of the molecule is C[n+]1ccccc1-c1ccc(C(F)(F)F)cc1. The lowest BCUT2D eigenvalue weighted by atomic mass is 10.1. The van der Waals surface area contributed by atoms with E-state index in [9.17, 15) is 13.2 Å². The molecule has 0 spiro atoms. The van der Waals surface area contributed by atoms with Crippen LogP contribution < -0.4 is 4.57 Å². The zero-order valence-corrected chi connectivity index (χ0v) is 9.20. The molecule has 2 rings (SSSR count). The van der Waals surface area contributed by atoms with Gasteiger partial charge < -0.3 is 0 Å². The lowest BCUT2D eigenvalue weighted by molar-refractivity contribution is -0.660. The number of aromatic nitrogens is 1. The summed E-state index contributed by atoms with van der Waals surface area (Å²) >= 11 is 0. The minimum atomic E-state index is -4.28. The molecule has 2 aromatic rings. The van der Waals surface area contributed by atoms with Crippen molar-refractivity contribution in [1.29, 1.82) is 0 Å². The smallest absolute Gasteiger partial charge is 0.201 e. The molecule has 0 amide bonds. The normalized spacial score (nSPS) is 11.5. The van der Waals surface area contributed by atoms with E-state index in [1.807, 2.05) is 36.0 Å². The minimum absolute atomic E-state index is 0.625. The summed E-state index contributed by atoms with van der Waals surface area (Å²) in [7, 11) is 1.85. The maximum atomic E-state index is 12.4. The van der Waals surface area contributed by atoms with Crippen LogP contribution in [0.1, 0.15) is 5.56 Å². The van der Waals surface area contributed by atoms with Crippen molar-refractivity contribution in [3.8, 4) is 11.3 Å². The lowest BCUT2D eigenvalue weighted by Gasteiger charge is -2.06. The van der Waals surface area contributed by atoms with E-state index in [1.165, 1.54) is 12.1 Å². The molecule has 0 N–H and O–H groups in total. The number of aryl methyl sites for hydroxylation is 1. The number of nitrogens with zero attached hydrogens (tertiary/aromatic N) is 1. The zero-order chi connectivity index (χ0) is 12.5. The average Bonchev–Trinajstić information content (AvgIpc) is 2.29. The number of hydrogen-bond acceptors (Lipinski definition) is 0. The second-order valence-corrected chi connectivity index (χ2v) is 3.77. The standard InChI is InChI=1S/C13H11F3N/c1-17-9-3-2-4-12(17)10-5-7-11(8-6-10)13(14,15)16/h2-9H,1H3/q+1. The first kappa shape index (κ1) is 11.6. The average molecular weight is 238 g/mol. The molecule has 1 heterocycles. The van der Waals surface area contributed by atoms with Crippen LogP contribution in [0.2, 0.25) is 0 Å². The molecule has 0 radical (unpaired) electrons. The Kier molecular flexibility index (Phi) is 2.88. The summed E-state index contributed by atoms with van der Waals surface area (Å²) in [5, 5.41) is 0. The van der Waals surface area contributed by atoms with Gasteiger partial charge in [0, 0.05) is 17.7 Å². The van der Waals surface area contributed by atoms with E-state index >= 15 is 0 Å². The molecule has 0 saturated heterocycles. The molecule has 88 valence electrons. The molecule has 0 saturated carbocycles. The van der Waals surface area contributed by atoms with Crippen molar-refractivity contribution < 1.29 is 17.7 Å². The van der Waals surface area contributed by atoms with Crippen LogP contribution in [0.5, 0.6) is 0 Å². The molecule has 0 atom stereocenters. The van der Waals surface area contributed by atoms with Gasteiger partial charge in [-0.3, -0.25) is 0 Å². The zero-order valence-electron chi connectivity index (χ0n) is 9.20. The molecular weight excluding hydrogens is 227 g/mol. The summed E-state index contributed by atoms with van der Waals surface area (Å²) in [6.07, 6.45) is -2.43. The van der Waals surface area contributed by atoms with Gasteiger partial charge in [0.2, 0.25) is 5.69 Å². The van der Waals surface area contributed by atoms with E-state index in [1.54, 1.807) is 0 Å². The molecule has 1 nitrogen and oxygen atoms in total. The van der Waals surface area contributed by atoms with Crippen LogP contribution in [-0.4, -0.2) is 0 Å². The molecule has 0 aliphatic rings. The molecule has 17 heavy (non-hydrogen) atoms. The van der Waals surface area contributed by atoms with E-state index in [0.717, 1.165) is 23.4 Å². The van der Waals surface area contributed by atoms with Gasteiger partial charge in [-0.2, -0.15) is 13.2 Å². The van der Waals surface area contributed by atoms with Gasteiger partial charge in [0.15, 0.2) is 6.20 Å². The molecular formula is C13H11F3N+. The molecule has 1 aromatic carbocycles. The predicted octanol–water partition coefficient (Wildman–Crippen LogP) is 3.20. The van der Waals surface area contributed by atoms with Gasteiger partial charge in [-0.15, -0.1) is 0 Å². The van der Waals surface area contributed by atoms with Crippen molar-refractivity contribution in [2.75, 3.05) is 0 Å². The Morgan fingerprint density at radius 2 is 1.59 bits per heavy atom. The molecule has 0 aliphatic heterocycles. The van der Waals surface area contributed by atoms with Crippen LogP contribution in [0.25, 0.3) is 11.3 Å². The molecule has 0 aliphatic carbocycles. The number of hydrogen-bond donors (Lipinski definition) is 0. The van der Waals surface area contributed by atoms with Gasteiger partial charge in [-0.05, 0) is 30.3 Å². The third kappa shape index (κ3) is 2.46. The maximum Gasteiger partial charge on any atom is 0.416 e. The van der Waals surface area contributed by atoms with Crippen molar-refractivity contribution in [2.45, 2.75) is 6.18 Å². The maximum absolute atomic E-state index is 12.4. The fraction of sp³-hybridized carbons (Fsp3) is 0.154. The summed E-state index contributed by atoms with van der Waals surface area (Å²) in [6, 6.07) is 10.8. The first-order valence-corrected chi connectivity index (χ1v) is 5.11. The highest BCUT2D eigenvalue weighted by atomic mass is 19.4. The van der Waals surface area contributed by atoms with Gasteiger partial charge in [-0.25, -0.2) is 4.57 Å². The van der Waals surface area contributed by atoms with Crippen molar-refractivity contribution in [1.82, 2.24) is 0 Å². The van der Waals surface area contributed by atoms with Crippen molar-refractivity contribution in [2.24, 2.45) is 7.05 Å². The Morgan fingerprint density at radius 1 is 0.941 bits per heavy atom. The number of benzene rings is 1. The lowest BCUT2D eigenvalue weighted by Crippen LogP contribution is -2.29. The van der Waals surface area contributed by atoms with Gasteiger partial charge >= 0.3 is 6.18 Å². The summed E-state index contributed by atoms with van der Waals surface area (Å²) < 4.78 is 39.1. The van der Waals surface area contributed by atoms with Crippen LogP contribution in [0.3, 0.4) is 0 Å². The Morgan fingerprint density at radius 3 is 2.12 bits per heavy atom. The fourth-order valence-corrected chi connectivity index (χ4v) is 1.65. The second-order valence-electron chi connectivity index (χ2n) is 3.77. The Labute approximate surface area is 97.1 Å². The molecule has 0 unspecified atom stereocenters. The molecule has 0 bridgehead atoms. The highest BCUT2D eigenvalue weighted by Crippen LogP contribution is 2.30.